The average Bonchev–Trinajstić information content (AvgIpc) is 3.15. The molecule has 2 aliphatic rings. The van der Waals surface area contributed by atoms with Crippen molar-refractivity contribution in [3.05, 3.63) is 71.3 Å². The Hall–Kier alpha value is -3.52. The minimum absolute atomic E-state index is 0.176. The molecule has 1 unspecified atom stereocenters. The lowest BCUT2D eigenvalue weighted by Crippen LogP contribution is -2.44. The Balaban J connectivity index is 1.47. The number of amides is 3. The lowest BCUT2D eigenvalue weighted by Gasteiger charge is -2.30. The summed E-state index contributed by atoms with van der Waals surface area (Å²) in [7, 11) is 0. The minimum Gasteiger partial charge on any atom is -0.444 e. The zero-order valence-corrected chi connectivity index (χ0v) is 17.6. The Morgan fingerprint density at radius 1 is 0.906 bits per heavy atom. The van der Waals surface area contributed by atoms with Crippen molar-refractivity contribution >= 4 is 23.7 Å². The van der Waals surface area contributed by atoms with Gasteiger partial charge in [0.25, 0.3) is 5.91 Å². The smallest absolute Gasteiger partial charge is 0.339 e. The molecular formula is C24H24N2O6. The Morgan fingerprint density at radius 3 is 2.16 bits per heavy atom. The molecule has 32 heavy (non-hydrogen) atoms. The van der Waals surface area contributed by atoms with Crippen LogP contribution in [0.4, 0.5) is 0 Å². The first-order valence-electron chi connectivity index (χ1n) is 10.6. The van der Waals surface area contributed by atoms with Crippen molar-refractivity contribution in [2.75, 3.05) is 26.3 Å². The van der Waals surface area contributed by atoms with Crippen molar-refractivity contribution in [1.82, 2.24) is 9.80 Å². The van der Waals surface area contributed by atoms with Crippen molar-refractivity contribution in [3.63, 3.8) is 0 Å². The first-order chi connectivity index (χ1) is 15.5. The van der Waals surface area contributed by atoms with Gasteiger partial charge in [0.2, 0.25) is 17.9 Å². The molecule has 3 amide bonds. The number of benzene rings is 2. The van der Waals surface area contributed by atoms with Crippen LogP contribution >= 0.6 is 0 Å². The third kappa shape index (κ3) is 4.86. The normalized spacial score (nSPS) is 17.4. The van der Waals surface area contributed by atoms with E-state index in [1.807, 2.05) is 6.07 Å². The molecule has 4 rings (SSSR count). The second-order valence-electron chi connectivity index (χ2n) is 7.70. The highest BCUT2D eigenvalue weighted by Crippen LogP contribution is 2.23. The average molecular weight is 436 g/mol. The quantitative estimate of drug-likeness (QED) is 0.509. The van der Waals surface area contributed by atoms with E-state index < -0.39 is 12.1 Å². The Kier molecular flexibility index (Phi) is 6.61. The van der Waals surface area contributed by atoms with E-state index in [4.69, 9.17) is 9.47 Å². The Morgan fingerprint density at radius 2 is 1.53 bits per heavy atom. The van der Waals surface area contributed by atoms with Crippen molar-refractivity contribution in [2.45, 2.75) is 25.5 Å². The minimum atomic E-state index is -1.05. The van der Waals surface area contributed by atoms with E-state index in [1.165, 1.54) is 4.90 Å². The van der Waals surface area contributed by atoms with E-state index in [9.17, 15) is 19.2 Å². The van der Waals surface area contributed by atoms with Gasteiger partial charge in [-0.2, -0.15) is 0 Å². The zero-order chi connectivity index (χ0) is 22.5. The molecule has 2 aromatic rings. The van der Waals surface area contributed by atoms with Crippen LogP contribution in [0.2, 0.25) is 0 Å². The topological polar surface area (TPSA) is 93.2 Å². The molecule has 166 valence electrons. The zero-order valence-electron chi connectivity index (χ0n) is 17.6. The molecule has 0 spiro atoms. The van der Waals surface area contributed by atoms with Crippen LogP contribution in [0.25, 0.3) is 0 Å². The summed E-state index contributed by atoms with van der Waals surface area (Å²) in [4.78, 5) is 52.4. The molecule has 2 aliphatic heterocycles. The van der Waals surface area contributed by atoms with Crippen LogP contribution in [-0.2, 0) is 30.4 Å². The number of hydrogen-bond acceptors (Lipinski definition) is 6. The third-order valence-electron chi connectivity index (χ3n) is 5.56. The van der Waals surface area contributed by atoms with Gasteiger partial charge in [0, 0.05) is 31.5 Å². The summed E-state index contributed by atoms with van der Waals surface area (Å²) < 4.78 is 11.0. The van der Waals surface area contributed by atoms with Crippen LogP contribution in [0.5, 0.6) is 0 Å². The van der Waals surface area contributed by atoms with Crippen LogP contribution in [0.15, 0.2) is 54.6 Å². The summed E-state index contributed by atoms with van der Waals surface area (Å²) in [6, 6.07) is 15.4. The maximum Gasteiger partial charge on any atom is 0.339 e. The van der Waals surface area contributed by atoms with Crippen LogP contribution in [0, 0.1) is 0 Å². The molecule has 8 heteroatoms. The molecule has 2 saturated heterocycles. The number of carbonyl (C=O) groups is 4. The van der Waals surface area contributed by atoms with Gasteiger partial charge in [0.05, 0.1) is 25.3 Å². The van der Waals surface area contributed by atoms with Gasteiger partial charge < -0.3 is 14.4 Å². The number of likely N-dealkylation sites (tertiary alicyclic amines) is 1. The second-order valence-corrected chi connectivity index (χ2v) is 7.70. The molecule has 2 aromatic carbocycles. The number of esters is 1. The van der Waals surface area contributed by atoms with Gasteiger partial charge in [-0.25, -0.2) is 4.79 Å². The summed E-state index contributed by atoms with van der Waals surface area (Å²) in [6.45, 7) is 1.97. The van der Waals surface area contributed by atoms with E-state index in [2.05, 4.69) is 0 Å². The standard InChI is InChI=1S/C24H24N2O6/c27-20-10-11-21(28)26(20)16-17-6-8-19(9-7-17)24(30)32-22(18-4-2-1-3-5-18)23(29)25-12-14-31-15-13-25/h1-9,22H,10-16H2. The van der Waals surface area contributed by atoms with Crippen LogP contribution in [-0.4, -0.2) is 59.8 Å². The highest BCUT2D eigenvalue weighted by Gasteiger charge is 2.31. The number of carbonyl (C=O) groups excluding carboxylic acids is 4. The molecule has 0 bridgehead atoms. The summed E-state index contributed by atoms with van der Waals surface area (Å²) in [5, 5.41) is 0. The molecule has 0 aromatic heterocycles. The summed E-state index contributed by atoms with van der Waals surface area (Å²) in [5.41, 5.74) is 1.61. The van der Waals surface area contributed by atoms with Crippen molar-refractivity contribution in [2.24, 2.45) is 0 Å². The monoisotopic (exact) mass is 436 g/mol. The van der Waals surface area contributed by atoms with Crippen molar-refractivity contribution in [1.29, 1.82) is 0 Å². The molecule has 0 radical (unpaired) electrons. The fourth-order valence-electron chi connectivity index (χ4n) is 3.74. The number of morpholine rings is 1. The number of ether oxygens (including phenoxy) is 2. The van der Waals surface area contributed by atoms with Gasteiger partial charge in [-0.05, 0) is 17.7 Å². The van der Waals surface area contributed by atoms with E-state index >= 15 is 0 Å². The maximum absolute atomic E-state index is 13.1. The fourth-order valence-corrected chi connectivity index (χ4v) is 3.74. The van der Waals surface area contributed by atoms with Crippen LogP contribution < -0.4 is 0 Å². The molecule has 0 aliphatic carbocycles. The predicted molar refractivity (Wildman–Crippen MR) is 113 cm³/mol. The molecule has 0 N–H and O–H groups in total. The molecular weight excluding hydrogens is 412 g/mol. The highest BCUT2D eigenvalue weighted by atomic mass is 16.5. The second kappa shape index (κ2) is 9.74. The van der Waals surface area contributed by atoms with Gasteiger partial charge in [-0.1, -0.05) is 42.5 Å². The summed E-state index contributed by atoms with van der Waals surface area (Å²) >= 11 is 0. The Bertz CT molecular complexity index is 983. The molecule has 8 nitrogen and oxygen atoms in total. The maximum atomic E-state index is 13.1. The number of hydrogen-bond donors (Lipinski definition) is 0. The van der Waals surface area contributed by atoms with Gasteiger partial charge >= 0.3 is 5.97 Å². The number of imide groups is 1. The van der Waals surface area contributed by atoms with E-state index in [0.717, 1.165) is 5.56 Å². The first kappa shape index (κ1) is 21.7. The highest BCUT2D eigenvalue weighted by molar-refractivity contribution is 6.01. The Labute approximate surface area is 185 Å². The lowest BCUT2D eigenvalue weighted by atomic mass is 10.1. The largest absolute Gasteiger partial charge is 0.444 e. The summed E-state index contributed by atoms with van der Waals surface area (Å²) in [6.07, 6.45) is -0.580. The molecule has 2 heterocycles. The molecule has 0 saturated carbocycles. The fraction of sp³-hybridized carbons (Fsp3) is 0.333. The van der Waals surface area contributed by atoms with Gasteiger partial charge in [0.15, 0.2) is 0 Å². The lowest BCUT2D eigenvalue weighted by molar-refractivity contribution is -0.145. The van der Waals surface area contributed by atoms with E-state index in [1.54, 1.807) is 53.4 Å². The molecule has 2 fully saturated rings. The SMILES string of the molecule is O=C(OC(C(=O)N1CCOCC1)c1ccccc1)c1ccc(CN2C(=O)CCC2=O)cc1. The van der Waals surface area contributed by atoms with Gasteiger partial charge in [-0.3, -0.25) is 19.3 Å². The third-order valence-corrected chi connectivity index (χ3v) is 5.56. The van der Waals surface area contributed by atoms with E-state index in [0.29, 0.717) is 31.9 Å². The van der Waals surface area contributed by atoms with E-state index in [-0.39, 0.29) is 42.7 Å². The summed E-state index contributed by atoms with van der Waals surface area (Å²) in [5.74, 6) is -1.28. The van der Waals surface area contributed by atoms with Crippen molar-refractivity contribution in [3.8, 4) is 0 Å². The number of rotatable bonds is 6. The molecule has 1 atom stereocenters. The van der Waals surface area contributed by atoms with Crippen LogP contribution in [0.1, 0.15) is 40.4 Å². The van der Waals surface area contributed by atoms with Crippen LogP contribution in [0.3, 0.4) is 0 Å². The van der Waals surface area contributed by atoms with Gasteiger partial charge in [-0.15, -0.1) is 0 Å². The van der Waals surface area contributed by atoms with Crippen molar-refractivity contribution < 1.29 is 28.7 Å². The number of nitrogens with zero attached hydrogens (tertiary/aromatic N) is 2. The first-order valence-corrected chi connectivity index (χ1v) is 10.6. The predicted octanol–water partition coefficient (Wildman–Crippen LogP) is 2.09. The van der Waals surface area contributed by atoms with Gasteiger partial charge in [0.1, 0.15) is 0 Å².